The second-order valence-corrected chi connectivity index (χ2v) is 6.56. The van der Waals surface area contributed by atoms with Crippen LogP contribution in [0.5, 0.6) is 0 Å². The molecule has 0 aromatic heterocycles. The smallest absolute Gasteiger partial charge is 0.408 e. The third-order valence-electron chi connectivity index (χ3n) is 4.14. The van der Waals surface area contributed by atoms with E-state index >= 15 is 0 Å². The number of ether oxygens (including phenoxy) is 1. The van der Waals surface area contributed by atoms with Gasteiger partial charge in [-0.3, -0.25) is 9.59 Å². The molecule has 2 unspecified atom stereocenters. The summed E-state index contributed by atoms with van der Waals surface area (Å²) in [6, 6.07) is 7.26. The van der Waals surface area contributed by atoms with Gasteiger partial charge >= 0.3 is 6.09 Å². The van der Waals surface area contributed by atoms with E-state index in [1.54, 1.807) is 13.8 Å². The highest BCUT2D eigenvalue weighted by atomic mass is 16.5. The van der Waals surface area contributed by atoms with Gasteiger partial charge in [0.25, 0.3) is 0 Å². The van der Waals surface area contributed by atoms with Crippen LogP contribution in [-0.2, 0) is 20.9 Å². The average molecular weight is 363 g/mol. The zero-order valence-electron chi connectivity index (χ0n) is 14.9. The lowest BCUT2D eigenvalue weighted by atomic mass is 10.00. The Hall–Kier alpha value is -2.61. The molecule has 0 aliphatic carbocycles. The quantitative estimate of drug-likeness (QED) is 0.580. The Balaban J connectivity index is 1.91. The first-order chi connectivity index (χ1) is 12.4. The van der Waals surface area contributed by atoms with Crippen molar-refractivity contribution in [2.75, 3.05) is 6.54 Å². The first-order valence-electron chi connectivity index (χ1n) is 8.62. The lowest BCUT2D eigenvalue weighted by molar-refractivity contribution is -0.135. The van der Waals surface area contributed by atoms with Gasteiger partial charge in [0, 0.05) is 6.54 Å². The van der Waals surface area contributed by atoms with Crippen LogP contribution in [0, 0.1) is 5.92 Å². The highest BCUT2D eigenvalue weighted by molar-refractivity contribution is 5.92. The summed E-state index contributed by atoms with van der Waals surface area (Å²) in [5, 5.41) is 17.5. The number of nitrogens with one attached hydrogen (secondary N) is 3. The number of hydrogen-bond donors (Lipinski definition) is 4. The van der Waals surface area contributed by atoms with E-state index in [1.807, 2.05) is 30.3 Å². The lowest BCUT2D eigenvalue weighted by Gasteiger charge is -2.30. The van der Waals surface area contributed by atoms with Crippen LogP contribution in [0.25, 0.3) is 0 Å². The zero-order chi connectivity index (χ0) is 19.1. The van der Waals surface area contributed by atoms with Crippen molar-refractivity contribution in [3.05, 3.63) is 35.9 Å². The number of carbonyl (C=O) groups is 3. The van der Waals surface area contributed by atoms with Gasteiger partial charge in [-0.05, 0) is 17.9 Å². The maximum absolute atomic E-state index is 12.5. The van der Waals surface area contributed by atoms with Gasteiger partial charge in [0.1, 0.15) is 18.7 Å². The van der Waals surface area contributed by atoms with Gasteiger partial charge in [-0.1, -0.05) is 44.2 Å². The molecule has 1 fully saturated rings. The van der Waals surface area contributed by atoms with Crippen LogP contribution >= 0.6 is 0 Å². The van der Waals surface area contributed by atoms with Crippen molar-refractivity contribution in [3.8, 4) is 0 Å². The molecule has 8 nitrogen and oxygen atoms in total. The molecule has 26 heavy (non-hydrogen) atoms. The summed E-state index contributed by atoms with van der Waals surface area (Å²) in [4.78, 5) is 36.3. The summed E-state index contributed by atoms with van der Waals surface area (Å²) in [5.41, 5.74) is 0.829. The fourth-order valence-corrected chi connectivity index (χ4v) is 2.63. The molecular formula is C18H25N3O5. The van der Waals surface area contributed by atoms with Crippen molar-refractivity contribution in [1.29, 1.82) is 0 Å². The standard InChI is InChI=1S/C18H25N3O5/c1-11(2)14(17(24)20-15-13(22)8-9-19-16(15)23)21-18(25)26-10-12-6-4-3-5-7-12/h3-7,11,13-15,22H,8-10H2,1-2H3,(H,19,23)(H,20,24)(H,21,25)/t13?,14-,15?/m0/s1. The van der Waals surface area contributed by atoms with Gasteiger partial charge in [0.05, 0.1) is 6.10 Å². The number of amides is 3. The average Bonchev–Trinajstić information content (AvgIpc) is 2.61. The first-order valence-corrected chi connectivity index (χ1v) is 8.62. The molecule has 2 rings (SSSR count). The zero-order valence-corrected chi connectivity index (χ0v) is 14.9. The van der Waals surface area contributed by atoms with Crippen molar-refractivity contribution < 1.29 is 24.2 Å². The van der Waals surface area contributed by atoms with E-state index in [1.165, 1.54) is 0 Å². The summed E-state index contributed by atoms with van der Waals surface area (Å²) < 4.78 is 5.13. The Kier molecular flexibility index (Phi) is 6.97. The van der Waals surface area contributed by atoms with Crippen LogP contribution in [0.15, 0.2) is 30.3 Å². The number of benzene rings is 1. The van der Waals surface area contributed by atoms with E-state index in [2.05, 4.69) is 16.0 Å². The van der Waals surface area contributed by atoms with Crippen LogP contribution in [0.2, 0.25) is 0 Å². The number of rotatable bonds is 6. The number of aliphatic hydroxyl groups excluding tert-OH is 1. The largest absolute Gasteiger partial charge is 0.445 e. The van der Waals surface area contributed by atoms with E-state index in [9.17, 15) is 19.5 Å². The molecule has 142 valence electrons. The number of aliphatic hydroxyl groups is 1. The number of piperidine rings is 1. The third-order valence-corrected chi connectivity index (χ3v) is 4.14. The summed E-state index contributed by atoms with van der Waals surface area (Å²) in [6.07, 6.45) is -1.32. The summed E-state index contributed by atoms with van der Waals surface area (Å²) >= 11 is 0. The molecule has 4 N–H and O–H groups in total. The Morgan fingerprint density at radius 1 is 1.31 bits per heavy atom. The SMILES string of the molecule is CC(C)[C@H](NC(=O)OCc1ccccc1)C(=O)NC1C(=O)NCCC1O. The molecule has 0 saturated carbocycles. The van der Waals surface area contributed by atoms with E-state index < -0.39 is 36.1 Å². The maximum Gasteiger partial charge on any atom is 0.408 e. The molecular weight excluding hydrogens is 338 g/mol. The molecule has 1 aliphatic rings. The summed E-state index contributed by atoms with van der Waals surface area (Å²) in [6.45, 7) is 3.98. The van der Waals surface area contributed by atoms with Gasteiger partial charge in [-0.2, -0.15) is 0 Å². The third kappa shape index (κ3) is 5.45. The second-order valence-electron chi connectivity index (χ2n) is 6.56. The molecule has 0 radical (unpaired) electrons. The Labute approximate surface area is 152 Å². The van der Waals surface area contributed by atoms with Crippen molar-refractivity contribution >= 4 is 17.9 Å². The van der Waals surface area contributed by atoms with Gasteiger partial charge < -0.3 is 25.8 Å². The minimum Gasteiger partial charge on any atom is -0.445 e. The van der Waals surface area contributed by atoms with E-state index in [0.717, 1.165) is 5.56 Å². The normalized spacial score (nSPS) is 20.8. The van der Waals surface area contributed by atoms with Gasteiger partial charge in [0.15, 0.2) is 0 Å². The predicted molar refractivity (Wildman–Crippen MR) is 94.0 cm³/mol. The maximum atomic E-state index is 12.5. The van der Waals surface area contributed by atoms with E-state index in [0.29, 0.717) is 13.0 Å². The molecule has 1 aliphatic heterocycles. The fourth-order valence-electron chi connectivity index (χ4n) is 2.63. The van der Waals surface area contributed by atoms with Crippen molar-refractivity contribution in [1.82, 2.24) is 16.0 Å². The van der Waals surface area contributed by atoms with Crippen LogP contribution in [0.1, 0.15) is 25.8 Å². The highest BCUT2D eigenvalue weighted by Crippen LogP contribution is 2.08. The fraction of sp³-hybridized carbons (Fsp3) is 0.500. The van der Waals surface area contributed by atoms with Crippen molar-refractivity contribution in [2.24, 2.45) is 5.92 Å². The topological polar surface area (TPSA) is 117 Å². The molecule has 1 aromatic rings. The van der Waals surface area contributed by atoms with Crippen molar-refractivity contribution in [3.63, 3.8) is 0 Å². The number of carbonyl (C=O) groups excluding carboxylic acids is 3. The van der Waals surface area contributed by atoms with Crippen molar-refractivity contribution in [2.45, 2.75) is 45.1 Å². The van der Waals surface area contributed by atoms with Gasteiger partial charge in [-0.15, -0.1) is 0 Å². The molecule has 1 heterocycles. The monoisotopic (exact) mass is 363 g/mol. The number of alkyl carbamates (subject to hydrolysis) is 1. The molecule has 1 saturated heterocycles. The van der Waals surface area contributed by atoms with Crippen LogP contribution in [-0.4, -0.2) is 47.7 Å². The minimum absolute atomic E-state index is 0.0862. The lowest BCUT2D eigenvalue weighted by Crippen LogP contribution is -2.61. The Morgan fingerprint density at radius 2 is 2.00 bits per heavy atom. The number of hydrogen-bond acceptors (Lipinski definition) is 5. The molecule has 0 bridgehead atoms. The van der Waals surface area contributed by atoms with Gasteiger partial charge in [-0.25, -0.2) is 4.79 Å². The minimum atomic E-state index is -1.03. The molecule has 0 spiro atoms. The van der Waals surface area contributed by atoms with Crippen LogP contribution < -0.4 is 16.0 Å². The Bertz CT molecular complexity index is 635. The highest BCUT2D eigenvalue weighted by Gasteiger charge is 2.34. The molecule has 8 heteroatoms. The predicted octanol–water partition coefficient (Wildman–Crippen LogP) is 0.303. The van der Waals surface area contributed by atoms with Crippen LogP contribution in [0.4, 0.5) is 4.79 Å². The van der Waals surface area contributed by atoms with E-state index in [-0.39, 0.29) is 12.5 Å². The van der Waals surface area contributed by atoms with Gasteiger partial charge in [0.2, 0.25) is 11.8 Å². The molecule has 3 atom stereocenters. The van der Waals surface area contributed by atoms with Crippen LogP contribution in [0.3, 0.4) is 0 Å². The molecule has 3 amide bonds. The van der Waals surface area contributed by atoms with E-state index in [4.69, 9.17) is 4.74 Å². The second kappa shape index (κ2) is 9.19. The summed E-state index contributed by atoms with van der Waals surface area (Å²) in [5.74, 6) is -1.22. The summed E-state index contributed by atoms with van der Waals surface area (Å²) in [7, 11) is 0. The first kappa shape index (κ1) is 19.7. The molecule has 1 aromatic carbocycles. The Morgan fingerprint density at radius 3 is 2.62 bits per heavy atom.